The molecular weight excluding hydrogens is 841 g/mol. The van der Waals surface area contributed by atoms with Crippen molar-refractivity contribution in [2.45, 2.75) is 116 Å². The van der Waals surface area contributed by atoms with Crippen LogP contribution in [0.1, 0.15) is 158 Å². The molecule has 0 atom stereocenters. The van der Waals surface area contributed by atoms with Crippen LogP contribution in [0.2, 0.25) is 0 Å². The van der Waals surface area contributed by atoms with Gasteiger partial charge >= 0.3 is 0 Å². The van der Waals surface area contributed by atoms with Gasteiger partial charge in [0, 0.05) is 76.3 Å². The zero-order valence-corrected chi connectivity index (χ0v) is 38.8. The van der Waals surface area contributed by atoms with Crippen molar-refractivity contribution in [3.63, 3.8) is 0 Å². The monoisotopic (exact) mass is 922 g/mol. The number of aryl methyl sites for hydroxylation is 7. The molecule has 1 saturated carbocycles. The lowest BCUT2D eigenvalue weighted by molar-refractivity contribution is 0.666. The van der Waals surface area contributed by atoms with Gasteiger partial charge in [-0.2, -0.15) is 5.26 Å². The maximum Gasteiger partial charge on any atom is 0.144 e. The summed E-state index contributed by atoms with van der Waals surface area (Å²) in [6.45, 7) is 3.09. The lowest BCUT2D eigenvalue weighted by Gasteiger charge is -2.18. The molecule has 0 unspecified atom stereocenters. The van der Waals surface area contributed by atoms with Crippen LogP contribution in [0.15, 0.2) is 150 Å². The van der Waals surface area contributed by atoms with Crippen molar-refractivity contribution in [2.75, 3.05) is 0 Å². The van der Waals surface area contributed by atoms with Crippen LogP contribution in [-0.2, 0) is 38.2 Å². The summed E-state index contributed by atoms with van der Waals surface area (Å²) in [6, 6.07) is 32.5. The van der Waals surface area contributed by atoms with E-state index in [1.54, 1.807) is 78.9 Å². The second-order valence-electron chi connectivity index (χ2n) is 17.6. The molecule has 0 radical (unpaired) electrons. The number of aromatic nitrogens is 3. The lowest BCUT2D eigenvalue weighted by Crippen LogP contribution is -2.06. The highest BCUT2D eigenvalue weighted by molar-refractivity contribution is 6.10. The predicted octanol–water partition coefficient (Wildman–Crippen LogP) is 16.2. The first-order valence-corrected chi connectivity index (χ1v) is 23.0. The summed E-state index contributed by atoms with van der Waals surface area (Å²) in [5.41, 5.74) is -1.86. The summed E-state index contributed by atoms with van der Waals surface area (Å²) < 4.78 is 187. The Bertz CT molecular complexity index is 4090. The third-order valence-electron chi connectivity index (χ3n) is 12.5. The van der Waals surface area contributed by atoms with E-state index in [1.165, 1.54) is 52.0 Å². The van der Waals surface area contributed by atoms with E-state index in [1.807, 2.05) is 6.07 Å². The summed E-state index contributed by atoms with van der Waals surface area (Å²) in [5, 5.41) is 10.6. The number of pyridine rings is 3. The van der Waals surface area contributed by atoms with E-state index in [4.69, 9.17) is 9.90 Å². The molecule has 69 heavy (non-hydrogen) atoms. The first kappa shape index (κ1) is 28.4. The van der Waals surface area contributed by atoms with Crippen LogP contribution in [0.5, 0.6) is 0 Å². The summed E-state index contributed by atoms with van der Waals surface area (Å²) in [5.74, 6) is -4.74. The molecule has 9 aromatic rings. The van der Waals surface area contributed by atoms with Gasteiger partial charge in [0.15, 0.2) is 0 Å². The maximum absolute atomic E-state index is 10.0. The Morgan fingerprint density at radius 3 is 1.70 bits per heavy atom. The summed E-state index contributed by atoms with van der Waals surface area (Å²) in [7, 11) is 0. The predicted molar refractivity (Wildman–Crippen MR) is 284 cm³/mol. The van der Waals surface area contributed by atoms with E-state index >= 15 is 0 Å². The lowest BCUT2D eigenvalue weighted by atomic mass is 9.88. The third kappa shape index (κ3) is 9.77. The fourth-order valence-corrected chi connectivity index (χ4v) is 8.89. The molecule has 1 fully saturated rings. The Balaban J connectivity index is 1.18. The van der Waals surface area contributed by atoms with E-state index in [9.17, 15) is 25.8 Å². The zero-order valence-electron chi connectivity index (χ0n) is 57.8. The van der Waals surface area contributed by atoms with Crippen LogP contribution < -0.4 is 0 Å². The molecule has 4 heterocycles. The van der Waals surface area contributed by atoms with Crippen molar-refractivity contribution in [3.8, 4) is 39.8 Å². The first-order chi connectivity index (χ1) is 40.8. The Hall–Kier alpha value is -7.16. The molecule has 0 spiro atoms. The molecule has 0 bridgehead atoms. The Labute approximate surface area is 435 Å². The van der Waals surface area contributed by atoms with Gasteiger partial charge < -0.3 is 4.42 Å². The average molecular weight is 922 g/mol. The normalized spacial score (nSPS) is 19.3. The van der Waals surface area contributed by atoms with Crippen LogP contribution in [0.25, 0.3) is 55.7 Å². The quantitative estimate of drug-likeness (QED) is 0.102. The topological polar surface area (TPSA) is 75.6 Å². The molecule has 0 amide bonds. The van der Waals surface area contributed by atoms with Crippen LogP contribution in [0.3, 0.4) is 0 Å². The highest BCUT2D eigenvalue weighted by Crippen LogP contribution is 2.41. The maximum atomic E-state index is 10.0. The minimum absolute atomic E-state index is 0.00376. The van der Waals surface area contributed by atoms with Crippen molar-refractivity contribution in [1.29, 1.82) is 5.26 Å². The second kappa shape index (κ2) is 20.2. The summed E-state index contributed by atoms with van der Waals surface area (Å²) >= 11 is 0. The molecule has 1 aliphatic carbocycles. The molecule has 5 nitrogen and oxygen atoms in total. The van der Waals surface area contributed by atoms with Gasteiger partial charge in [-0.1, -0.05) is 132 Å². The zero-order chi connectivity index (χ0) is 64.3. The number of fused-ring (bicyclic) bond motifs is 3. The van der Waals surface area contributed by atoms with Crippen LogP contribution in [0, 0.1) is 18.2 Å². The average Bonchev–Trinajstić information content (AvgIpc) is 1.10. The molecule has 5 aromatic carbocycles. The van der Waals surface area contributed by atoms with Gasteiger partial charge in [-0.3, -0.25) is 15.0 Å². The van der Waals surface area contributed by atoms with Gasteiger partial charge in [0.05, 0.1) is 30.1 Å². The number of nitriles is 1. The molecule has 344 valence electrons. The van der Waals surface area contributed by atoms with Crippen molar-refractivity contribution in [2.24, 2.45) is 0 Å². The van der Waals surface area contributed by atoms with E-state index in [-0.39, 0.29) is 74.5 Å². The SMILES string of the molecule is [2H]c1cc2c(oc3c(-c4cc(C5([2H])CCCC5)c(C([2H])([2H])C([2H])([2H])c5cc(C([2H])([2H])C([2H])([2H])c6cnc(-c7ccccc7)cc6C([2H])(C)C)cc(C([2H])([2H])C([2H])([2H])c6cnc(-c7ccccc7)cc6C([2H])(C)C)c5)cn4)cccc32)c(C([2H])([2H])[2H])c1C#N. The smallest absolute Gasteiger partial charge is 0.144 e. The largest absolute Gasteiger partial charge is 0.455 e. The van der Waals surface area contributed by atoms with Gasteiger partial charge in [-0.05, 0) is 162 Å². The first-order valence-electron chi connectivity index (χ1n) is 32.5. The number of hydrogen-bond acceptors (Lipinski definition) is 5. The molecule has 10 rings (SSSR count). The Morgan fingerprint density at radius 2 is 1.16 bits per heavy atom. The van der Waals surface area contributed by atoms with Crippen molar-refractivity contribution in [1.82, 2.24) is 15.0 Å². The number of rotatable bonds is 15. The van der Waals surface area contributed by atoms with Gasteiger partial charge in [-0.25, -0.2) is 0 Å². The fraction of sp³-hybridized carbons (Fsp3) is 0.281. The van der Waals surface area contributed by atoms with Gasteiger partial charge in [-0.15, -0.1) is 0 Å². The second-order valence-corrected chi connectivity index (χ2v) is 17.6. The summed E-state index contributed by atoms with van der Waals surface area (Å²) in [6.07, 6.45) is -14.9. The molecule has 1 aliphatic rings. The minimum atomic E-state index is -3.40. The van der Waals surface area contributed by atoms with Crippen LogP contribution in [0.4, 0.5) is 0 Å². The van der Waals surface area contributed by atoms with E-state index in [0.717, 1.165) is 36.8 Å². The third-order valence-corrected chi connectivity index (χ3v) is 12.5. The highest BCUT2D eigenvalue weighted by Gasteiger charge is 2.23. The number of para-hydroxylation sites is 1. The van der Waals surface area contributed by atoms with Crippen molar-refractivity contribution >= 4 is 21.9 Å². The number of benzene rings is 5. The van der Waals surface area contributed by atoms with E-state index in [0.29, 0.717) is 40.7 Å². The molecule has 0 N–H and O–H groups in total. The minimum Gasteiger partial charge on any atom is -0.455 e. The van der Waals surface area contributed by atoms with Gasteiger partial charge in [0.2, 0.25) is 0 Å². The van der Waals surface area contributed by atoms with Crippen molar-refractivity contribution in [3.05, 3.63) is 207 Å². The molecule has 0 saturated heterocycles. The van der Waals surface area contributed by atoms with Crippen LogP contribution >= 0.6 is 0 Å². The number of nitrogens with zero attached hydrogens (tertiary/aromatic N) is 4. The highest BCUT2D eigenvalue weighted by atomic mass is 16.3. The number of furan rings is 1. The number of hydrogen-bond donors (Lipinski definition) is 0. The summed E-state index contributed by atoms with van der Waals surface area (Å²) in [4.78, 5) is 13.7. The molecule has 4 aromatic heterocycles. The van der Waals surface area contributed by atoms with Crippen molar-refractivity contribution < 1.29 is 30.5 Å². The van der Waals surface area contributed by atoms with Crippen LogP contribution in [-0.4, -0.2) is 15.0 Å². The Morgan fingerprint density at radius 1 is 0.638 bits per heavy atom. The van der Waals surface area contributed by atoms with E-state index < -0.39 is 96.2 Å². The molecular formula is C64H62N4O. The molecule has 5 heteroatoms. The Kier molecular flexibility index (Phi) is 8.30. The van der Waals surface area contributed by atoms with Gasteiger partial charge in [0.25, 0.3) is 0 Å². The standard InChI is InChI=1S/C64H62N4O/c1-41(2)57-34-60(48-17-8-6-9-18-48)66-38-51(57)26-23-44-31-45(24-27-52-39-67-61(35-58(52)42(3)4)49-19-10-7-11-20-49)33-46(32-44)25-28-53-40-68-62(36-59(53)47-15-12-13-16-47)56-22-14-21-54-55-30-29-50(37-65)43(5)63(55)69-64(54)56/h6-11,14,17-22,29-36,38-42,47H,12-13,15-16,23-28H2,1-5H3/i5D3,23D2,24D2,25D2,26D2,27D2,28D2,29D,41D,42D,47D. The van der Waals surface area contributed by atoms with Gasteiger partial charge in [0.1, 0.15) is 11.2 Å². The molecule has 0 aliphatic heterocycles. The fourth-order valence-electron chi connectivity index (χ4n) is 8.89. The van der Waals surface area contributed by atoms with E-state index in [2.05, 4.69) is 15.0 Å².